The summed E-state index contributed by atoms with van der Waals surface area (Å²) in [5.41, 5.74) is 8.58. The Morgan fingerprint density at radius 1 is 1.35 bits per heavy atom. The maximum absolute atomic E-state index is 12.1. The van der Waals surface area contributed by atoms with Crippen molar-refractivity contribution < 1.29 is 4.79 Å². The number of nitrogens with zero attached hydrogens (tertiary/aromatic N) is 3. The Hall–Kier alpha value is -3.09. The molecule has 3 aromatic rings. The first kappa shape index (κ1) is 13.6. The van der Waals surface area contributed by atoms with Gasteiger partial charge in [-0.1, -0.05) is 18.2 Å². The van der Waals surface area contributed by atoms with Crippen molar-refractivity contribution in [3.8, 4) is 0 Å². The van der Waals surface area contributed by atoms with Crippen LogP contribution in [0.25, 0.3) is 5.65 Å². The first-order chi connectivity index (χ1) is 11.1. The molecule has 1 aliphatic heterocycles. The summed E-state index contributed by atoms with van der Waals surface area (Å²) < 4.78 is 1.37. The number of para-hydroxylation sites is 1. The third-order valence-electron chi connectivity index (χ3n) is 4.19. The quantitative estimate of drug-likeness (QED) is 0.733. The number of aromatic amines is 1. The molecule has 7 heteroatoms. The lowest BCUT2D eigenvalue weighted by atomic mass is 10.1. The van der Waals surface area contributed by atoms with E-state index in [1.807, 2.05) is 29.2 Å². The smallest absolute Gasteiger partial charge is 0.272 e. The number of carbonyl (C=O) groups is 1. The molecule has 3 N–H and O–H groups in total. The standard InChI is InChI=1S/C16H15N5O2/c17-16(23)13-7-10-3-1-2-4-12(10)20(13)9-11-8-15(22)21-14(19-11)5-6-18-21/h1-6,8,13,18H,7,9H2,(H2,17,23)/t13-/m0/s1. The molecule has 0 fully saturated rings. The Balaban J connectivity index is 1.75. The summed E-state index contributed by atoms with van der Waals surface area (Å²) in [5, 5.41) is 2.81. The summed E-state index contributed by atoms with van der Waals surface area (Å²) in [6, 6.07) is 10.6. The number of carbonyl (C=O) groups excluding carboxylic acids is 1. The van der Waals surface area contributed by atoms with E-state index in [2.05, 4.69) is 10.1 Å². The predicted molar refractivity (Wildman–Crippen MR) is 85.1 cm³/mol. The maximum Gasteiger partial charge on any atom is 0.272 e. The molecular weight excluding hydrogens is 294 g/mol. The zero-order valence-corrected chi connectivity index (χ0v) is 12.3. The fraction of sp³-hybridized carbons (Fsp3) is 0.188. The van der Waals surface area contributed by atoms with E-state index in [-0.39, 0.29) is 11.5 Å². The van der Waals surface area contributed by atoms with Crippen LogP contribution in [0.4, 0.5) is 5.69 Å². The van der Waals surface area contributed by atoms with Crippen LogP contribution in [0.2, 0.25) is 0 Å². The van der Waals surface area contributed by atoms with Crippen LogP contribution in [0.15, 0.2) is 47.4 Å². The van der Waals surface area contributed by atoms with Crippen LogP contribution < -0.4 is 16.2 Å². The molecule has 0 bridgehead atoms. The van der Waals surface area contributed by atoms with E-state index in [9.17, 15) is 9.59 Å². The number of anilines is 1. The number of amides is 1. The van der Waals surface area contributed by atoms with E-state index in [4.69, 9.17) is 5.73 Å². The van der Waals surface area contributed by atoms with Crippen LogP contribution in [0.5, 0.6) is 0 Å². The third-order valence-corrected chi connectivity index (χ3v) is 4.19. The molecule has 0 unspecified atom stereocenters. The van der Waals surface area contributed by atoms with Crippen molar-refractivity contribution in [3.05, 3.63) is 64.2 Å². The Bertz CT molecular complexity index is 958. The second kappa shape index (κ2) is 4.98. The van der Waals surface area contributed by atoms with Crippen LogP contribution in [-0.4, -0.2) is 26.5 Å². The Labute approximate surface area is 131 Å². The number of rotatable bonds is 3. The van der Waals surface area contributed by atoms with Gasteiger partial charge in [-0.15, -0.1) is 0 Å². The van der Waals surface area contributed by atoms with Gasteiger partial charge in [0.05, 0.1) is 12.2 Å². The van der Waals surface area contributed by atoms with Crippen molar-refractivity contribution >= 4 is 17.2 Å². The van der Waals surface area contributed by atoms with Crippen molar-refractivity contribution in [2.24, 2.45) is 5.73 Å². The van der Waals surface area contributed by atoms with Crippen molar-refractivity contribution in [1.29, 1.82) is 0 Å². The fourth-order valence-electron chi connectivity index (χ4n) is 3.13. The molecule has 0 spiro atoms. The fourth-order valence-corrected chi connectivity index (χ4v) is 3.13. The first-order valence-corrected chi connectivity index (χ1v) is 7.33. The van der Waals surface area contributed by atoms with Crippen molar-refractivity contribution in [2.45, 2.75) is 19.0 Å². The van der Waals surface area contributed by atoms with Gasteiger partial charge in [-0.3, -0.25) is 14.7 Å². The Morgan fingerprint density at radius 3 is 3.00 bits per heavy atom. The number of H-pyrrole nitrogens is 1. The Morgan fingerprint density at radius 2 is 2.17 bits per heavy atom. The van der Waals surface area contributed by atoms with Gasteiger partial charge in [0.2, 0.25) is 5.91 Å². The van der Waals surface area contributed by atoms with Crippen LogP contribution >= 0.6 is 0 Å². The summed E-state index contributed by atoms with van der Waals surface area (Å²) in [4.78, 5) is 30.3. The monoisotopic (exact) mass is 309 g/mol. The van der Waals surface area contributed by atoms with E-state index < -0.39 is 6.04 Å². The molecule has 7 nitrogen and oxygen atoms in total. The van der Waals surface area contributed by atoms with Crippen molar-refractivity contribution in [3.63, 3.8) is 0 Å². The van der Waals surface area contributed by atoms with Crippen molar-refractivity contribution in [1.82, 2.24) is 14.6 Å². The van der Waals surface area contributed by atoms with E-state index in [1.165, 1.54) is 10.6 Å². The van der Waals surface area contributed by atoms with Crippen LogP contribution in [0.3, 0.4) is 0 Å². The molecule has 0 saturated heterocycles. The summed E-state index contributed by atoms with van der Waals surface area (Å²) in [6.45, 7) is 0.363. The number of benzene rings is 1. The molecule has 116 valence electrons. The molecule has 0 saturated carbocycles. The second-order valence-corrected chi connectivity index (χ2v) is 5.62. The van der Waals surface area contributed by atoms with Crippen LogP contribution in [0, 0.1) is 0 Å². The molecule has 1 atom stereocenters. The maximum atomic E-state index is 12.1. The van der Waals surface area contributed by atoms with Gasteiger partial charge in [-0.05, 0) is 11.6 Å². The minimum Gasteiger partial charge on any atom is -0.368 e. The highest BCUT2D eigenvalue weighted by Crippen LogP contribution is 2.32. The first-order valence-electron chi connectivity index (χ1n) is 7.33. The molecule has 2 aromatic heterocycles. The zero-order valence-electron chi connectivity index (χ0n) is 12.3. The number of hydrogen-bond donors (Lipinski definition) is 2. The van der Waals surface area contributed by atoms with Gasteiger partial charge in [0.15, 0.2) is 5.65 Å². The van der Waals surface area contributed by atoms with Gasteiger partial charge in [0.25, 0.3) is 5.56 Å². The number of aromatic nitrogens is 3. The van der Waals surface area contributed by atoms with Gasteiger partial charge in [-0.2, -0.15) is 0 Å². The highest BCUT2D eigenvalue weighted by Gasteiger charge is 2.33. The van der Waals surface area contributed by atoms with Gasteiger partial charge in [-0.25, -0.2) is 9.50 Å². The number of fused-ring (bicyclic) bond motifs is 2. The number of nitrogens with two attached hydrogens (primary N) is 1. The third kappa shape index (κ3) is 2.17. The lowest BCUT2D eigenvalue weighted by Crippen LogP contribution is -2.42. The molecule has 23 heavy (non-hydrogen) atoms. The minimum absolute atomic E-state index is 0.182. The number of primary amides is 1. The summed E-state index contributed by atoms with van der Waals surface area (Å²) >= 11 is 0. The van der Waals surface area contributed by atoms with E-state index >= 15 is 0 Å². The molecule has 1 amide bonds. The molecule has 1 aromatic carbocycles. The van der Waals surface area contributed by atoms with Crippen LogP contribution in [0.1, 0.15) is 11.3 Å². The lowest BCUT2D eigenvalue weighted by molar-refractivity contribution is -0.119. The molecule has 1 aliphatic rings. The topological polar surface area (TPSA) is 96.5 Å². The minimum atomic E-state index is -0.418. The lowest BCUT2D eigenvalue weighted by Gasteiger charge is -2.24. The molecular formula is C16H15N5O2. The highest BCUT2D eigenvalue weighted by atomic mass is 16.1. The molecule has 0 radical (unpaired) electrons. The van der Waals surface area contributed by atoms with Gasteiger partial charge in [0, 0.05) is 30.4 Å². The summed E-state index contributed by atoms with van der Waals surface area (Å²) in [6.07, 6.45) is 2.24. The predicted octanol–water partition coefficient (Wildman–Crippen LogP) is 0.439. The SMILES string of the molecule is NC(=O)[C@@H]1Cc2ccccc2N1Cc1cc(=O)n2[nH]ccc2n1. The summed E-state index contributed by atoms with van der Waals surface area (Å²) in [7, 11) is 0. The van der Waals surface area contributed by atoms with Gasteiger partial charge >= 0.3 is 0 Å². The molecule has 4 rings (SSSR count). The zero-order chi connectivity index (χ0) is 16.0. The van der Waals surface area contributed by atoms with Crippen LogP contribution in [-0.2, 0) is 17.8 Å². The van der Waals surface area contributed by atoms with E-state index in [0.29, 0.717) is 24.3 Å². The molecule has 3 heterocycles. The van der Waals surface area contributed by atoms with E-state index in [0.717, 1.165) is 11.3 Å². The average Bonchev–Trinajstić information content (AvgIpc) is 3.13. The second-order valence-electron chi connectivity index (χ2n) is 5.62. The number of nitrogens with one attached hydrogen (secondary N) is 1. The normalized spacial score (nSPS) is 16.7. The Kier molecular flexibility index (Phi) is 2.94. The average molecular weight is 309 g/mol. The van der Waals surface area contributed by atoms with Gasteiger partial charge < -0.3 is 10.6 Å². The molecule has 0 aliphatic carbocycles. The number of hydrogen-bond acceptors (Lipinski definition) is 4. The largest absolute Gasteiger partial charge is 0.368 e. The summed E-state index contributed by atoms with van der Waals surface area (Å²) in [5.74, 6) is -0.374. The van der Waals surface area contributed by atoms with E-state index in [1.54, 1.807) is 12.3 Å². The van der Waals surface area contributed by atoms with Gasteiger partial charge in [0.1, 0.15) is 6.04 Å². The highest BCUT2D eigenvalue weighted by molar-refractivity contribution is 5.86. The van der Waals surface area contributed by atoms with Crippen molar-refractivity contribution in [2.75, 3.05) is 4.90 Å².